The van der Waals surface area contributed by atoms with Crippen molar-refractivity contribution >= 4 is 23.5 Å². The molecule has 20 atom stereocenters. The minimum absolute atomic E-state index is 0.145. The van der Waals surface area contributed by atoms with Gasteiger partial charge in [-0.15, -0.1) is 0 Å². The zero-order valence-corrected chi connectivity index (χ0v) is 27.6. The molecular formula is C27H53N5O12S2. The van der Waals surface area contributed by atoms with Gasteiger partial charge in [0.05, 0.1) is 48.8 Å². The Kier molecular flexibility index (Phi) is 14.2. The molecule has 0 radical (unpaired) electrons. The summed E-state index contributed by atoms with van der Waals surface area (Å²) in [6.07, 6.45) is -15.8. The third kappa shape index (κ3) is 7.98. The second kappa shape index (κ2) is 16.8. The third-order valence-electron chi connectivity index (χ3n) is 9.40. The first kappa shape index (κ1) is 38.8. The average Bonchev–Trinajstić information content (AvgIpc) is 3.32. The third-order valence-corrected chi connectivity index (χ3v) is 11.0. The van der Waals surface area contributed by atoms with Gasteiger partial charge < -0.3 is 88.1 Å². The first-order chi connectivity index (χ1) is 21.8. The SMILES string of the molecule is CCSCC1OC(OC2C(N)CC(N)C(O)C2OC2OC(CSC)C(OC3C(N)C(C(O)C(O)CN)C3O)C2O)C(N)C(O)C1O. The van der Waals surface area contributed by atoms with Crippen LogP contribution in [0.15, 0.2) is 0 Å². The highest BCUT2D eigenvalue weighted by atomic mass is 32.2. The van der Waals surface area contributed by atoms with Gasteiger partial charge in [0.2, 0.25) is 0 Å². The molecule has 270 valence electrons. The molecule has 0 aromatic rings. The monoisotopic (exact) mass is 703 g/mol. The summed E-state index contributed by atoms with van der Waals surface area (Å²) >= 11 is 2.91. The van der Waals surface area contributed by atoms with Gasteiger partial charge in [0.1, 0.15) is 36.6 Å². The molecule has 4 aliphatic rings. The van der Waals surface area contributed by atoms with Gasteiger partial charge in [0.25, 0.3) is 0 Å². The molecule has 2 aliphatic heterocycles. The van der Waals surface area contributed by atoms with Crippen molar-refractivity contribution in [3.05, 3.63) is 0 Å². The number of aliphatic hydroxyl groups is 7. The summed E-state index contributed by atoms with van der Waals surface area (Å²) in [7, 11) is 0. The maximum absolute atomic E-state index is 11.4. The number of ether oxygens (including phenoxy) is 5. The Labute approximate surface area is 276 Å². The van der Waals surface area contributed by atoms with Gasteiger partial charge in [-0.05, 0) is 18.4 Å². The quantitative estimate of drug-likeness (QED) is 0.0801. The Morgan fingerprint density at radius 2 is 1.37 bits per heavy atom. The molecule has 2 heterocycles. The predicted molar refractivity (Wildman–Crippen MR) is 168 cm³/mol. The maximum Gasteiger partial charge on any atom is 0.187 e. The highest BCUT2D eigenvalue weighted by Crippen LogP contribution is 2.39. The van der Waals surface area contributed by atoms with Crippen LogP contribution in [0.25, 0.3) is 0 Å². The van der Waals surface area contributed by atoms with E-state index in [0.717, 1.165) is 5.75 Å². The van der Waals surface area contributed by atoms with Crippen molar-refractivity contribution in [2.45, 2.75) is 129 Å². The van der Waals surface area contributed by atoms with Crippen molar-refractivity contribution in [3.8, 4) is 0 Å². The van der Waals surface area contributed by atoms with Crippen molar-refractivity contribution in [1.82, 2.24) is 0 Å². The molecule has 17 N–H and O–H groups in total. The van der Waals surface area contributed by atoms with Crippen LogP contribution in [0.5, 0.6) is 0 Å². The van der Waals surface area contributed by atoms with E-state index in [1.54, 1.807) is 0 Å². The molecule has 0 aromatic carbocycles. The lowest BCUT2D eigenvalue weighted by Gasteiger charge is -2.50. The van der Waals surface area contributed by atoms with E-state index in [9.17, 15) is 35.7 Å². The van der Waals surface area contributed by atoms with Crippen LogP contribution in [-0.2, 0) is 23.7 Å². The summed E-state index contributed by atoms with van der Waals surface area (Å²) in [6, 6.07) is -3.63. The lowest BCUT2D eigenvalue weighted by molar-refractivity contribution is -0.304. The Morgan fingerprint density at radius 1 is 0.717 bits per heavy atom. The molecule has 2 saturated heterocycles. The van der Waals surface area contributed by atoms with Crippen LogP contribution >= 0.6 is 23.5 Å². The summed E-state index contributed by atoms with van der Waals surface area (Å²) in [4.78, 5) is 0. The topological polar surface area (TPSA) is 318 Å². The van der Waals surface area contributed by atoms with Gasteiger partial charge in [-0.3, -0.25) is 0 Å². The molecular weight excluding hydrogens is 650 g/mol. The van der Waals surface area contributed by atoms with Crippen molar-refractivity contribution in [3.63, 3.8) is 0 Å². The number of nitrogens with two attached hydrogens (primary N) is 5. The maximum atomic E-state index is 11.4. The molecule has 0 aromatic heterocycles. The minimum atomic E-state index is -1.43. The largest absolute Gasteiger partial charge is 0.390 e. The summed E-state index contributed by atoms with van der Waals surface area (Å²) in [6.45, 7) is 1.72. The summed E-state index contributed by atoms with van der Waals surface area (Å²) in [5.74, 6) is 0.579. The van der Waals surface area contributed by atoms with Crippen LogP contribution < -0.4 is 28.7 Å². The molecule has 2 saturated carbocycles. The van der Waals surface area contributed by atoms with Crippen LogP contribution in [0.4, 0.5) is 0 Å². The van der Waals surface area contributed by atoms with E-state index in [0.29, 0.717) is 11.5 Å². The smallest absolute Gasteiger partial charge is 0.187 e. The van der Waals surface area contributed by atoms with Crippen molar-refractivity contribution in [2.24, 2.45) is 34.6 Å². The fraction of sp³-hybridized carbons (Fsp3) is 1.00. The van der Waals surface area contributed by atoms with E-state index in [4.69, 9.17) is 52.4 Å². The summed E-state index contributed by atoms with van der Waals surface area (Å²) in [5, 5.41) is 74.7. The fourth-order valence-corrected chi connectivity index (χ4v) is 7.91. The van der Waals surface area contributed by atoms with Gasteiger partial charge in [-0.1, -0.05) is 6.92 Å². The van der Waals surface area contributed by atoms with E-state index in [1.165, 1.54) is 23.5 Å². The van der Waals surface area contributed by atoms with Crippen LogP contribution in [0, 0.1) is 5.92 Å². The molecule has 17 nitrogen and oxygen atoms in total. The zero-order valence-electron chi connectivity index (χ0n) is 26.0. The molecule has 20 unspecified atom stereocenters. The molecule has 0 amide bonds. The van der Waals surface area contributed by atoms with Crippen molar-refractivity contribution < 1.29 is 59.4 Å². The van der Waals surface area contributed by atoms with Gasteiger partial charge >= 0.3 is 0 Å². The lowest BCUT2D eigenvalue weighted by Crippen LogP contribution is -2.71. The van der Waals surface area contributed by atoms with Gasteiger partial charge in [0.15, 0.2) is 12.6 Å². The van der Waals surface area contributed by atoms with Gasteiger partial charge in [-0.25, -0.2) is 0 Å². The van der Waals surface area contributed by atoms with Crippen LogP contribution in [0.3, 0.4) is 0 Å². The van der Waals surface area contributed by atoms with Gasteiger partial charge in [0, 0.05) is 42.1 Å². The number of hydrogen-bond acceptors (Lipinski definition) is 19. The standard InChI is InChI=1S/C27H53N5O12S2/c1-3-46-7-11-18(36)20(38)15(32)26(40-11)43-22-9(30)4-8(29)16(34)25(22)44-27-21(39)23(12(41-27)6-45-2)42-24-14(31)13(19(24)37)17(35)10(33)5-28/h8-27,33-39H,3-7,28-32H2,1-2H3. The van der Waals surface area contributed by atoms with Crippen LogP contribution in [0.2, 0.25) is 0 Å². The summed E-state index contributed by atoms with van der Waals surface area (Å²) in [5.41, 5.74) is 30.4. The van der Waals surface area contributed by atoms with Crippen LogP contribution in [-0.4, -0.2) is 182 Å². The van der Waals surface area contributed by atoms with E-state index < -0.39 is 122 Å². The molecule has 19 heteroatoms. The van der Waals surface area contributed by atoms with Crippen molar-refractivity contribution in [2.75, 3.05) is 30.1 Å². The lowest BCUT2D eigenvalue weighted by atomic mass is 9.69. The molecule has 46 heavy (non-hydrogen) atoms. The minimum Gasteiger partial charge on any atom is -0.390 e. The second-order valence-electron chi connectivity index (χ2n) is 12.5. The van der Waals surface area contributed by atoms with E-state index in [2.05, 4.69) is 0 Å². The number of hydrogen-bond donors (Lipinski definition) is 12. The molecule has 4 fully saturated rings. The number of thioether (sulfide) groups is 2. The zero-order chi connectivity index (χ0) is 34.0. The number of aliphatic hydroxyl groups excluding tert-OH is 7. The van der Waals surface area contributed by atoms with E-state index in [1.807, 2.05) is 13.2 Å². The Hall–Kier alpha value is 0.0200. The fourth-order valence-electron chi connectivity index (χ4n) is 6.57. The highest BCUT2D eigenvalue weighted by molar-refractivity contribution is 7.99. The highest BCUT2D eigenvalue weighted by Gasteiger charge is 2.58. The number of rotatable bonds is 14. The Balaban J connectivity index is 1.48. The van der Waals surface area contributed by atoms with Gasteiger partial charge in [-0.2, -0.15) is 23.5 Å². The van der Waals surface area contributed by atoms with Crippen LogP contribution in [0.1, 0.15) is 13.3 Å². The molecule has 4 rings (SSSR count). The first-order valence-corrected chi connectivity index (χ1v) is 18.1. The summed E-state index contributed by atoms with van der Waals surface area (Å²) < 4.78 is 30.4. The van der Waals surface area contributed by atoms with E-state index >= 15 is 0 Å². The Bertz CT molecular complexity index is 948. The first-order valence-electron chi connectivity index (χ1n) is 15.6. The molecule has 0 spiro atoms. The second-order valence-corrected chi connectivity index (χ2v) is 14.7. The van der Waals surface area contributed by atoms with E-state index in [-0.39, 0.29) is 13.0 Å². The Morgan fingerprint density at radius 3 is 1.98 bits per heavy atom. The predicted octanol–water partition coefficient (Wildman–Crippen LogP) is -6.10. The van der Waals surface area contributed by atoms with Crippen molar-refractivity contribution in [1.29, 1.82) is 0 Å². The average molecular weight is 704 g/mol. The molecule has 0 bridgehead atoms. The normalized spacial score (nSPS) is 49.4. The molecule has 2 aliphatic carbocycles.